The molecule has 0 bridgehead atoms. The number of rotatable bonds is 8. The van der Waals surface area contributed by atoms with E-state index in [-0.39, 0.29) is 16.1 Å². The lowest BCUT2D eigenvalue weighted by Crippen LogP contribution is -2.15. The molecule has 0 fully saturated rings. The van der Waals surface area contributed by atoms with Crippen LogP contribution in [0.2, 0.25) is 0 Å². The molecule has 0 heterocycles. The lowest BCUT2D eigenvalue weighted by Gasteiger charge is -2.16. The van der Waals surface area contributed by atoms with Crippen molar-refractivity contribution in [3.05, 3.63) is 28.0 Å². The lowest BCUT2D eigenvalue weighted by atomic mass is 10.0. The Kier molecular flexibility index (Phi) is 7.50. The predicted octanol–water partition coefficient (Wildman–Crippen LogP) is 4.28. The number of nitrogens with two attached hydrogens (primary N) is 1. The van der Waals surface area contributed by atoms with Gasteiger partial charge in [0.2, 0.25) is 0 Å². The Morgan fingerprint density at radius 2 is 2.19 bits per heavy atom. The summed E-state index contributed by atoms with van der Waals surface area (Å²) in [6.07, 6.45) is 4.38. The van der Waals surface area contributed by atoms with Crippen molar-refractivity contribution in [2.24, 2.45) is 16.8 Å². The molecule has 118 valence electrons. The van der Waals surface area contributed by atoms with E-state index < -0.39 is 5.82 Å². The number of halogens is 2. The minimum Gasteiger partial charge on any atom is -0.490 e. The summed E-state index contributed by atoms with van der Waals surface area (Å²) in [6.45, 7) is 4.75. The maximum absolute atomic E-state index is 14.2. The molecule has 0 saturated carbocycles. The van der Waals surface area contributed by atoms with Crippen LogP contribution >= 0.6 is 15.9 Å². The topological polar surface area (TPSA) is 67.8 Å². The van der Waals surface area contributed by atoms with Crippen LogP contribution in [-0.2, 0) is 0 Å². The van der Waals surface area contributed by atoms with Gasteiger partial charge in [-0.15, -0.1) is 0 Å². The second-order valence-corrected chi connectivity index (χ2v) is 5.74. The van der Waals surface area contributed by atoms with Crippen molar-refractivity contribution in [2.45, 2.75) is 39.5 Å². The molecule has 1 aromatic rings. The van der Waals surface area contributed by atoms with Crippen molar-refractivity contribution < 1.29 is 14.3 Å². The standard InChI is InChI=1S/C15H22BrFN2O2/c1-3-5-6-10(4-2)9-21-12-8-7-11(15(18)19-20)13(16)14(12)17/h7-8,10,20H,3-6,9H2,1-2H3,(H2,18,19). The van der Waals surface area contributed by atoms with Gasteiger partial charge in [0.25, 0.3) is 0 Å². The smallest absolute Gasteiger partial charge is 0.179 e. The Hall–Kier alpha value is -1.30. The Morgan fingerprint density at radius 1 is 1.48 bits per heavy atom. The van der Waals surface area contributed by atoms with Gasteiger partial charge < -0.3 is 15.7 Å². The molecule has 6 heteroatoms. The number of ether oxygens (including phenoxy) is 1. The molecule has 1 atom stereocenters. The number of hydrogen-bond acceptors (Lipinski definition) is 3. The highest BCUT2D eigenvalue weighted by Gasteiger charge is 2.16. The number of hydrogen-bond donors (Lipinski definition) is 2. The molecule has 0 spiro atoms. The quantitative estimate of drug-likeness (QED) is 0.314. The van der Waals surface area contributed by atoms with Gasteiger partial charge in [0.1, 0.15) is 0 Å². The van der Waals surface area contributed by atoms with Gasteiger partial charge in [-0.1, -0.05) is 38.3 Å². The number of benzene rings is 1. The third-order valence-corrected chi connectivity index (χ3v) is 4.22. The van der Waals surface area contributed by atoms with Crippen LogP contribution in [0.5, 0.6) is 5.75 Å². The van der Waals surface area contributed by atoms with Gasteiger partial charge in [0.15, 0.2) is 17.4 Å². The van der Waals surface area contributed by atoms with Crippen molar-refractivity contribution in [2.75, 3.05) is 6.61 Å². The van der Waals surface area contributed by atoms with E-state index >= 15 is 0 Å². The second kappa shape index (κ2) is 8.87. The maximum Gasteiger partial charge on any atom is 0.179 e. The van der Waals surface area contributed by atoms with Gasteiger partial charge in [0, 0.05) is 5.56 Å². The maximum atomic E-state index is 14.2. The lowest BCUT2D eigenvalue weighted by molar-refractivity contribution is 0.224. The summed E-state index contributed by atoms with van der Waals surface area (Å²) in [6, 6.07) is 3.06. The van der Waals surface area contributed by atoms with Gasteiger partial charge in [-0.05, 0) is 40.4 Å². The molecule has 0 aliphatic heterocycles. The van der Waals surface area contributed by atoms with Crippen molar-refractivity contribution in [3.8, 4) is 5.75 Å². The summed E-state index contributed by atoms with van der Waals surface area (Å²) in [5, 5.41) is 11.5. The van der Waals surface area contributed by atoms with Crippen molar-refractivity contribution in [3.63, 3.8) is 0 Å². The summed E-state index contributed by atoms with van der Waals surface area (Å²) in [7, 11) is 0. The molecule has 21 heavy (non-hydrogen) atoms. The molecular formula is C15H22BrFN2O2. The Balaban J connectivity index is 2.79. The first-order chi connectivity index (χ1) is 10.0. The molecule has 1 aromatic carbocycles. The van der Waals surface area contributed by atoms with Gasteiger partial charge in [0.05, 0.1) is 11.1 Å². The zero-order valence-electron chi connectivity index (χ0n) is 12.4. The fourth-order valence-corrected chi connectivity index (χ4v) is 2.53. The fraction of sp³-hybridized carbons (Fsp3) is 0.533. The van der Waals surface area contributed by atoms with Crippen LogP contribution < -0.4 is 10.5 Å². The van der Waals surface area contributed by atoms with Crippen LogP contribution in [0.4, 0.5) is 4.39 Å². The van der Waals surface area contributed by atoms with Crippen LogP contribution in [0.15, 0.2) is 21.8 Å². The average Bonchev–Trinajstić information content (AvgIpc) is 2.50. The third-order valence-electron chi connectivity index (χ3n) is 3.45. The molecule has 3 N–H and O–H groups in total. The highest BCUT2D eigenvalue weighted by atomic mass is 79.9. The summed E-state index contributed by atoms with van der Waals surface area (Å²) < 4.78 is 19.9. The molecule has 1 unspecified atom stereocenters. The summed E-state index contributed by atoms with van der Waals surface area (Å²) in [4.78, 5) is 0. The highest BCUT2D eigenvalue weighted by Crippen LogP contribution is 2.29. The van der Waals surface area contributed by atoms with Crippen LogP contribution in [0.1, 0.15) is 45.1 Å². The van der Waals surface area contributed by atoms with Crippen LogP contribution in [-0.4, -0.2) is 17.6 Å². The molecule has 0 saturated heterocycles. The Morgan fingerprint density at radius 3 is 2.76 bits per heavy atom. The summed E-state index contributed by atoms with van der Waals surface area (Å²) >= 11 is 3.11. The molecule has 0 amide bonds. The molecule has 0 aromatic heterocycles. The molecule has 0 aliphatic carbocycles. The van der Waals surface area contributed by atoms with Crippen LogP contribution in [0, 0.1) is 11.7 Å². The second-order valence-electron chi connectivity index (χ2n) is 4.95. The third kappa shape index (κ3) is 4.88. The molecular weight excluding hydrogens is 339 g/mol. The van der Waals surface area contributed by atoms with Crippen molar-refractivity contribution in [1.29, 1.82) is 0 Å². The zero-order valence-corrected chi connectivity index (χ0v) is 14.0. The van der Waals surface area contributed by atoms with Crippen molar-refractivity contribution in [1.82, 2.24) is 0 Å². The molecule has 0 aliphatic rings. The van der Waals surface area contributed by atoms with E-state index in [4.69, 9.17) is 15.7 Å². The van der Waals surface area contributed by atoms with Gasteiger partial charge in [-0.25, -0.2) is 4.39 Å². The summed E-state index contributed by atoms with van der Waals surface area (Å²) in [5.41, 5.74) is 5.77. The first-order valence-corrected chi connectivity index (χ1v) is 7.93. The monoisotopic (exact) mass is 360 g/mol. The van der Waals surface area contributed by atoms with E-state index in [9.17, 15) is 4.39 Å². The van der Waals surface area contributed by atoms with E-state index in [1.165, 1.54) is 6.07 Å². The molecule has 4 nitrogen and oxygen atoms in total. The minimum absolute atomic E-state index is 0.136. The Bertz CT molecular complexity index is 495. The zero-order chi connectivity index (χ0) is 15.8. The number of amidine groups is 1. The first-order valence-electron chi connectivity index (χ1n) is 7.13. The van der Waals surface area contributed by atoms with Gasteiger partial charge in [-0.2, -0.15) is 0 Å². The van der Waals surface area contributed by atoms with Crippen molar-refractivity contribution >= 4 is 21.8 Å². The fourth-order valence-electron chi connectivity index (χ4n) is 2.00. The molecule has 1 rings (SSSR count). The number of nitrogens with zero attached hydrogens (tertiary/aromatic N) is 1. The SMILES string of the molecule is CCCCC(CC)COc1ccc(/C(N)=N/O)c(Br)c1F. The van der Waals surface area contributed by atoms with Crippen LogP contribution in [0.25, 0.3) is 0 Å². The number of unbranched alkanes of at least 4 members (excludes halogenated alkanes) is 1. The van der Waals surface area contributed by atoms with E-state index in [1.807, 2.05) is 0 Å². The van der Waals surface area contributed by atoms with E-state index in [0.29, 0.717) is 18.1 Å². The highest BCUT2D eigenvalue weighted by molar-refractivity contribution is 9.10. The minimum atomic E-state index is -0.538. The number of oxime groups is 1. The van der Waals surface area contributed by atoms with E-state index in [2.05, 4.69) is 34.9 Å². The normalized spacial score (nSPS) is 13.2. The van der Waals surface area contributed by atoms with E-state index in [0.717, 1.165) is 25.7 Å². The largest absolute Gasteiger partial charge is 0.490 e. The van der Waals surface area contributed by atoms with E-state index in [1.54, 1.807) is 6.07 Å². The summed E-state index contributed by atoms with van der Waals surface area (Å²) in [5.74, 6) is -0.0932. The molecule has 0 radical (unpaired) electrons. The average molecular weight is 361 g/mol. The van der Waals surface area contributed by atoms with Gasteiger partial charge in [-0.3, -0.25) is 0 Å². The predicted molar refractivity (Wildman–Crippen MR) is 85.4 cm³/mol. The van der Waals surface area contributed by atoms with Crippen LogP contribution in [0.3, 0.4) is 0 Å². The first kappa shape index (κ1) is 17.8. The Labute approximate surface area is 133 Å². The van der Waals surface area contributed by atoms with Gasteiger partial charge >= 0.3 is 0 Å².